The van der Waals surface area contributed by atoms with Crippen molar-refractivity contribution in [2.75, 3.05) is 16.8 Å². The van der Waals surface area contributed by atoms with Gasteiger partial charge in [0.05, 0.1) is 6.17 Å². The fourth-order valence-corrected chi connectivity index (χ4v) is 2.59. The van der Waals surface area contributed by atoms with E-state index in [0.717, 1.165) is 24.3 Å². The summed E-state index contributed by atoms with van der Waals surface area (Å²) in [6.07, 6.45) is 1.87. The molecule has 6 nitrogen and oxygen atoms in total. The number of carbonyl (C=O) groups is 2. The highest BCUT2D eigenvalue weighted by Crippen LogP contribution is 2.21. The molecule has 0 saturated carbocycles. The minimum Gasteiger partial charge on any atom is -0.374 e. The number of rotatable bonds is 6. The number of anilines is 2. The number of benzene rings is 1. The quantitative estimate of drug-likeness (QED) is 0.546. The first-order valence-electron chi connectivity index (χ1n) is 7.73. The summed E-state index contributed by atoms with van der Waals surface area (Å²) in [5, 5.41) is 5.51. The second kappa shape index (κ2) is 7.26. The summed E-state index contributed by atoms with van der Waals surface area (Å²) >= 11 is 0. The van der Waals surface area contributed by atoms with Gasteiger partial charge in [0.15, 0.2) is 0 Å². The van der Waals surface area contributed by atoms with Gasteiger partial charge in [-0.05, 0) is 44.0 Å². The first-order valence-corrected chi connectivity index (χ1v) is 7.73. The van der Waals surface area contributed by atoms with E-state index in [1.165, 1.54) is 0 Å². The van der Waals surface area contributed by atoms with Crippen LogP contribution in [0.2, 0.25) is 0 Å². The number of hydrogen-bond donors (Lipinski definition) is 3. The third kappa shape index (κ3) is 3.98. The molecule has 2 amide bonds. The molecule has 1 aromatic carbocycles. The lowest BCUT2D eigenvalue weighted by molar-refractivity contribution is -0.133. The Balaban J connectivity index is 2.02. The van der Waals surface area contributed by atoms with Crippen LogP contribution in [0.4, 0.5) is 11.4 Å². The highest BCUT2D eigenvalue weighted by atomic mass is 16.2. The highest BCUT2D eigenvalue weighted by molar-refractivity contribution is 6.01. The standard InChI is InChI=1S/C16H24N4O2/c1-3-10-20(11(2)17)13-6-4-12(5-7-13)18-14-8-9-15(21)19-16(14)22/h4-7,11,14,18H,3,8-10,17H2,1-2H3,(H,19,21,22). The van der Waals surface area contributed by atoms with Gasteiger partial charge in [0, 0.05) is 24.3 Å². The van der Waals surface area contributed by atoms with Crippen molar-refractivity contribution in [3.8, 4) is 0 Å². The molecule has 6 heteroatoms. The van der Waals surface area contributed by atoms with Crippen molar-refractivity contribution in [2.24, 2.45) is 5.73 Å². The lowest BCUT2D eigenvalue weighted by atomic mass is 10.1. The Morgan fingerprint density at radius 2 is 2.05 bits per heavy atom. The third-order valence-electron chi connectivity index (χ3n) is 3.74. The van der Waals surface area contributed by atoms with E-state index < -0.39 is 0 Å². The molecule has 1 aliphatic rings. The summed E-state index contributed by atoms with van der Waals surface area (Å²) in [6, 6.07) is 7.50. The zero-order valence-electron chi connectivity index (χ0n) is 13.1. The van der Waals surface area contributed by atoms with Crippen LogP contribution >= 0.6 is 0 Å². The fraction of sp³-hybridized carbons (Fsp3) is 0.500. The Hall–Kier alpha value is -2.08. The first kappa shape index (κ1) is 16.3. The smallest absolute Gasteiger partial charge is 0.249 e. The summed E-state index contributed by atoms with van der Waals surface area (Å²) in [6.45, 7) is 4.98. The molecule has 1 aliphatic heterocycles. The number of nitrogens with zero attached hydrogens (tertiary/aromatic N) is 1. The molecule has 2 atom stereocenters. The van der Waals surface area contributed by atoms with Crippen molar-refractivity contribution in [3.63, 3.8) is 0 Å². The zero-order chi connectivity index (χ0) is 16.1. The Kier molecular flexibility index (Phi) is 5.38. The van der Waals surface area contributed by atoms with Crippen molar-refractivity contribution >= 4 is 23.2 Å². The number of nitrogens with one attached hydrogen (secondary N) is 2. The lowest BCUT2D eigenvalue weighted by Gasteiger charge is -2.29. The van der Waals surface area contributed by atoms with E-state index >= 15 is 0 Å². The van der Waals surface area contributed by atoms with Crippen LogP contribution in [0, 0.1) is 0 Å². The van der Waals surface area contributed by atoms with E-state index in [1.807, 2.05) is 31.2 Å². The monoisotopic (exact) mass is 304 g/mol. The number of nitrogens with two attached hydrogens (primary N) is 1. The largest absolute Gasteiger partial charge is 0.374 e. The molecule has 1 heterocycles. The molecule has 1 saturated heterocycles. The normalized spacial score (nSPS) is 19.5. The van der Waals surface area contributed by atoms with E-state index in [0.29, 0.717) is 12.8 Å². The van der Waals surface area contributed by atoms with Gasteiger partial charge in [0.2, 0.25) is 11.8 Å². The molecule has 0 aromatic heterocycles. The van der Waals surface area contributed by atoms with E-state index in [1.54, 1.807) is 0 Å². The van der Waals surface area contributed by atoms with Crippen molar-refractivity contribution in [3.05, 3.63) is 24.3 Å². The maximum Gasteiger partial charge on any atom is 0.249 e. The number of piperidine rings is 1. The molecule has 22 heavy (non-hydrogen) atoms. The number of hydrogen-bond acceptors (Lipinski definition) is 5. The topological polar surface area (TPSA) is 87.5 Å². The maximum atomic E-state index is 11.7. The van der Waals surface area contributed by atoms with Crippen LogP contribution in [-0.4, -0.2) is 30.6 Å². The van der Waals surface area contributed by atoms with Crippen molar-refractivity contribution in [1.29, 1.82) is 0 Å². The van der Waals surface area contributed by atoms with E-state index in [-0.39, 0.29) is 24.0 Å². The van der Waals surface area contributed by atoms with E-state index in [4.69, 9.17) is 5.73 Å². The molecular formula is C16H24N4O2. The van der Waals surface area contributed by atoms with Gasteiger partial charge in [-0.1, -0.05) is 6.92 Å². The van der Waals surface area contributed by atoms with Crippen LogP contribution in [0.15, 0.2) is 24.3 Å². The van der Waals surface area contributed by atoms with Crippen LogP contribution in [0.5, 0.6) is 0 Å². The summed E-state index contributed by atoms with van der Waals surface area (Å²) < 4.78 is 0. The first-order chi connectivity index (χ1) is 10.5. The van der Waals surface area contributed by atoms with Gasteiger partial charge in [0.1, 0.15) is 6.04 Å². The van der Waals surface area contributed by atoms with Gasteiger partial charge in [-0.15, -0.1) is 0 Å². The van der Waals surface area contributed by atoms with Crippen LogP contribution in [0.1, 0.15) is 33.1 Å². The molecule has 0 bridgehead atoms. The van der Waals surface area contributed by atoms with Crippen LogP contribution in [0.25, 0.3) is 0 Å². The second-order valence-corrected chi connectivity index (χ2v) is 5.63. The second-order valence-electron chi connectivity index (χ2n) is 5.63. The Morgan fingerprint density at radius 3 is 2.59 bits per heavy atom. The van der Waals surface area contributed by atoms with E-state index in [9.17, 15) is 9.59 Å². The number of amides is 2. The molecule has 0 aliphatic carbocycles. The van der Waals surface area contributed by atoms with Crippen molar-refractivity contribution < 1.29 is 9.59 Å². The summed E-state index contributed by atoms with van der Waals surface area (Å²) in [7, 11) is 0. The average Bonchev–Trinajstić information content (AvgIpc) is 2.48. The fourth-order valence-electron chi connectivity index (χ4n) is 2.59. The predicted molar refractivity (Wildman–Crippen MR) is 87.5 cm³/mol. The van der Waals surface area contributed by atoms with E-state index in [2.05, 4.69) is 22.5 Å². The highest BCUT2D eigenvalue weighted by Gasteiger charge is 2.26. The van der Waals surface area contributed by atoms with Gasteiger partial charge < -0.3 is 16.0 Å². The minimum absolute atomic E-state index is 0.0473. The van der Waals surface area contributed by atoms with Gasteiger partial charge in [0.25, 0.3) is 0 Å². The molecule has 2 unspecified atom stereocenters. The summed E-state index contributed by atoms with van der Waals surface area (Å²) in [5.41, 5.74) is 7.92. The van der Waals surface area contributed by atoms with Gasteiger partial charge in [-0.25, -0.2) is 0 Å². The van der Waals surface area contributed by atoms with Crippen LogP contribution in [-0.2, 0) is 9.59 Å². The van der Waals surface area contributed by atoms with Gasteiger partial charge >= 0.3 is 0 Å². The van der Waals surface area contributed by atoms with Crippen LogP contribution in [0.3, 0.4) is 0 Å². The number of imide groups is 1. The number of carbonyl (C=O) groups excluding carboxylic acids is 2. The molecular weight excluding hydrogens is 280 g/mol. The molecule has 0 spiro atoms. The Bertz CT molecular complexity index is 527. The Labute approximate surface area is 131 Å². The molecule has 1 aromatic rings. The zero-order valence-corrected chi connectivity index (χ0v) is 13.1. The average molecular weight is 304 g/mol. The minimum atomic E-state index is -0.358. The third-order valence-corrected chi connectivity index (χ3v) is 3.74. The molecule has 1 fully saturated rings. The molecule has 2 rings (SSSR count). The molecule has 4 N–H and O–H groups in total. The van der Waals surface area contributed by atoms with Gasteiger partial charge in [-0.2, -0.15) is 0 Å². The molecule has 0 radical (unpaired) electrons. The van der Waals surface area contributed by atoms with Crippen molar-refractivity contribution in [2.45, 2.75) is 45.3 Å². The summed E-state index contributed by atoms with van der Waals surface area (Å²) in [5.74, 6) is -0.464. The van der Waals surface area contributed by atoms with Crippen molar-refractivity contribution in [1.82, 2.24) is 5.32 Å². The summed E-state index contributed by atoms with van der Waals surface area (Å²) in [4.78, 5) is 25.0. The lowest BCUT2D eigenvalue weighted by Crippen LogP contribution is -2.47. The predicted octanol–water partition coefficient (Wildman–Crippen LogP) is 1.42. The van der Waals surface area contributed by atoms with Gasteiger partial charge in [-0.3, -0.25) is 14.9 Å². The SMILES string of the molecule is CCCN(c1ccc(NC2CCC(=O)NC2=O)cc1)C(C)N. The molecule has 120 valence electrons. The Morgan fingerprint density at radius 1 is 1.36 bits per heavy atom. The van der Waals surface area contributed by atoms with Crippen LogP contribution < -0.4 is 21.3 Å². The maximum absolute atomic E-state index is 11.7.